The van der Waals surface area contributed by atoms with Crippen molar-refractivity contribution in [3.05, 3.63) is 27.6 Å². The third-order valence-electron chi connectivity index (χ3n) is 4.50. The van der Waals surface area contributed by atoms with Crippen LogP contribution < -0.4 is 10.9 Å². The van der Waals surface area contributed by atoms with Crippen molar-refractivity contribution in [1.29, 1.82) is 0 Å². The fraction of sp³-hybridized carbons (Fsp3) is 0.571. The number of hydrogen-bond acceptors (Lipinski definition) is 5. The van der Waals surface area contributed by atoms with Crippen molar-refractivity contribution < 1.29 is 0 Å². The topological polar surface area (TPSA) is 61.0 Å². The fourth-order valence-electron chi connectivity index (χ4n) is 3.55. The first-order chi connectivity index (χ1) is 9.81. The molecule has 4 rings (SSSR count). The smallest absolute Gasteiger partial charge is 0.268 e. The van der Waals surface area contributed by atoms with Crippen LogP contribution in [0.2, 0.25) is 0 Å². The average Bonchev–Trinajstić information content (AvgIpc) is 3.13. The van der Waals surface area contributed by atoms with Crippen LogP contribution in [0.15, 0.2) is 16.2 Å². The molecule has 20 heavy (non-hydrogen) atoms. The van der Waals surface area contributed by atoms with Crippen LogP contribution in [0.25, 0.3) is 10.2 Å². The minimum Gasteiger partial charge on any atom is -0.308 e. The van der Waals surface area contributed by atoms with E-state index in [0.717, 1.165) is 16.0 Å². The predicted molar refractivity (Wildman–Crippen MR) is 80.1 cm³/mol. The zero-order valence-corrected chi connectivity index (χ0v) is 12.1. The number of rotatable bonds is 3. The van der Waals surface area contributed by atoms with Gasteiger partial charge in [-0.15, -0.1) is 11.3 Å². The number of aromatic amines is 1. The molecule has 2 aromatic heterocycles. The maximum absolute atomic E-state index is 11.9. The molecule has 0 saturated carbocycles. The second kappa shape index (κ2) is 4.95. The molecule has 0 amide bonds. The van der Waals surface area contributed by atoms with Crippen molar-refractivity contribution in [3.8, 4) is 0 Å². The number of aromatic nitrogens is 2. The fourth-order valence-corrected chi connectivity index (χ4v) is 4.28. The van der Waals surface area contributed by atoms with Crippen LogP contribution in [0.1, 0.15) is 25.1 Å². The normalized spacial score (nSPS) is 26.4. The number of thiophene rings is 1. The third-order valence-corrected chi connectivity index (χ3v) is 5.40. The Morgan fingerprint density at radius 2 is 2.40 bits per heavy atom. The summed E-state index contributed by atoms with van der Waals surface area (Å²) < 4.78 is 0.719. The number of fused-ring (bicyclic) bond motifs is 2. The lowest BCUT2D eigenvalue weighted by Crippen LogP contribution is -2.39. The Labute approximate surface area is 121 Å². The van der Waals surface area contributed by atoms with E-state index in [1.54, 1.807) is 0 Å². The summed E-state index contributed by atoms with van der Waals surface area (Å²) in [6.07, 6.45) is 3.82. The van der Waals surface area contributed by atoms with Crippen LogP contribution in [-0.2, 0) is 6.54 Å². The summed E-state index contributed by atoms with van der Waals surface area (Å²) in [5.74, 6) is 0.748. The van der Waals surface area contributed by atoms with Gasteiger partial charge in [0, 0.05) is 18.6 Å². The van der Waals surface area contributed by atoms with Gasteiger partial charge in [0.1, 0.15) is 10.5 Å². The molecule has 2 aliphatic heterocycles. The molecule has 5 nitrogen and oxygen atoms in total. The molecule has 2 saturated heterocycles. The summed E-state index contributed by atoms with van der Waals surface area (Å²) in [6, 6.07) is 3.14. The van der Waals surface area contributed by atoms with Gasteiger partial charge < -0.3 is 10.3 Å². The Morgan fingerprint density at radius 3 is 3.35 bits per heavy atom. The summed E-state index contributed by atoms with van der Waals surface area (Å²) in [6.45, 7) is 3.10. The zero-order chi connectivity index (χ0) is 13.5. The maximum atomic E-state index is 11.9. The minimum absolute atomic E-state index is 0.0179. The van der Waals surface area contributed by atoms with Gasteiger partial charge in [-0.3, -0.25) is 9.69 Å². The lowest BCUT2D eigenvalue weighted by molar-refractivity contribution is 0.298. The predicted octanol–water partition coefficient (Wildman–Crippen LogP) is 1.31. The molecule has 0 radical (unpaired) electrons. The molecule has 2 aliphatic rings. The van der Waals surface area contributed by atoms with Crippen LogP contribution >= 0.6 is 11.3 Å². The van der Waals surface area contributed by atoms with Crippen molar-refractivity contribution in [1.82, 2.24) is 20.2 Å². The number of hydrogen-bond donors (Lipinski definition) is 2. The molecular formula is C14H18N4OS. The van der Waals surface area contributed by atoms with Crippen molar-refractivity contribution in [2.24, 2.45) is 0 Å². The van der Waals surface area contributed by atoms with E-state index in [-0.39, 0.29) is 5.56 Å². The van der Waals surface area contributed by atoms with Gasteiger partial charge in [-0.05, 0) is 37.3 Å². The Hall–Kier alpha value is -1.24. The molecule has 4 heterocycles. The van der Waals surface area contributed by atoms with Crippen molar-refractivity contribution >= 4 is 21.6 Å². The molecule has 2 atom stereocenters. The lowest BCUT2D eigenvalue weighted by Gasteiger charge is -2.21. The average molecular weight is 290 g/mol. The largest absolute Gasteiger partial charge is 0.308 e. The highest BCUT2D eigenvalue weighted by Crippen LogP contribution is 2.27. The molecule has 2 aromatic rings. The van der Waals surface area contributed by atoms with Crippen molar-refractivity contribution in [2.45, 2.75) is 37.9 Å². The molecule has 2 unspecified atom stereocenters. The summed E-state index contributed by atoms with van der Waals surface area (Å²) >= 11 is 1.45. The maximum Gasteiger partial charge on any atom is 0.268 e. The first kappa shape index (κ1) is 12.5. The molecule has 106 valence electrons. The minimum atomic E-state index is -0.0179. The van der Waals surface area contributed by atoms with E-state index in [4.69, 9.17) is 0 Å². The van der Waals surface area contributed by atoms with Gasteiger partial charge in [0.15, 0.2) is 0 Å². The van der Waals surface area contributed by atoms with Crippen LogP contribution in [0, 0.1) is 0 Å². The molecule has 2 N–H and O–H groups in total. The third kappa shape index (κ3) is 2.08. The molecule has 6 heteroatoms. The Balaban J connectivity index is 1.49. The Bertz CT molecular complexity index is 679. The molecule has 0 bridgehead atoms. The van der Waals surface area contributed by atoms with E-state index in [2.05, 4.69) is 20.2 Å². The molecular weight excluding hydrogens is 272 g/mol. The Morgan fingerprint density at radius 1 is 1.45 bits per heavy atom. The van der Waals surface area contributed by atoms with Crippen LogP contribution in [-0.4, -0.2) is 40.0 Å². The number of nitrogens with one attached hydrogen (secondary N) is 2. The summed E-state index contributed by atoms with van der Waals surface area (Å²) in [4.78, 5) is 21.9. The molecule has 0 aromatic carbocycles. The van der Waals surface area contributed by atoms with Crippen LogP contribution in [0.3, 0.4) is 0 Å². The summed E-state index contributed by atoms with van der Waals surface area (Å²) in [7, 11) is 0. The van der Waals surface area contributed by atoms with Crippen molar-refractivity contribution in [2.75, 3.05) is 13.1 Å². The number of H-pyrrole nitrogens is 1. The van der Waals surface area contributed by atoms with E-state index in [1.165, 1.54) is 43.7 Å². The van der Waals surface area contributed by atoms with E-state index < -0.39 is 0 Å². The summed E-state index contributed by atoms with van der Waals surface area (Å²) in [5.41, 5.74) is 0.792. The van der Waals surface area contributed by atoms with Gasteiger partial charge in [0.25, 0.3) is 5.56 Å². The number of nitrogens with zero attached hydrogens (tertiary/aromatic N) is 2. The molecule has 2 fully saturated rings. The highest BCUT2D eigenvalue weighted by atomic mass is 32.1. The highest BCUT2D eigenvalue weighted by molar-refractivity contribution is 7.17. The second-order valence-electron chi connectivity index (χ2n) is 5.67. The van der Waals surface area contributed by atoms with Gasteiger partial charge in [-0.2, -0.15) is 0 Å². The van der Waals surface area contributed by atoms with Crippen LogP contribution in [0.4, 0.5) is 0 Å². The van der Waals surface area contributed by atoms with Crippen LogP contribution in [0.5, 0.6) is 0 Å². The van der Waals surface area contributed by atoms with Gasteiger partial charge in [0.2, 0.25) is 0 Å². The van der Waals surface area contributed by atoms with E-state index in [1.807, 2.05) is 11.4 Å². The van der Waals surface area contributed by atoms with E-state index in [0.29, 0.717) is 18.6 Å². The van der Waals surface area contributed by atoms with Gasteiger partial charge in [-0.25, -0.2) is 4.98 Å². The standard InChI is InChI=1S/C14H18N4OS/c19-14-13-10(4-7-20-13)16-12(17-14)8-15-9-3-6-18-5-1-2-11(9)18/h4,7,9,11,15H,1-3,5-6,8H2,(H,16,17,19). The first-order valence-electron chi connectivity index (χ1n) is 7.25. The van der Waals surface area contributed by atoms with E-state index >= 15 is 0 Å². The Kier molecular flexibility index (Phi) is 3.09. The van der Waals surface area contributed by atoms with Gasteiger partial charge in [-0.1, -0.05) is 0 Å². The molecule has 0 spiro atoms. The SMILES string of the molecule is O=c1[nH]c(CNC2CCN3CCCC23)nc2ccsc12. The zero-order valence-electron chi connectivity index (χ0n) is 11.3. The first-order valence-corrected chi connectivity index (χ1v) is 8.13. The van der Waals surface area contributed by atoms with E-state index in [9.17, 15) is 4.79 Å². The lowest BCUT2D eigenvalue weighted by atomic mass is 10.1. The second-order valence-corrected chi connectivity index (χ2v) is 6.59. The highest BCUT2D eigenvalue weighted by Gasteiger charge is 2.36. The quantitative estimate of drug-likeness (QED) is 0.895. The van der Waals surface area contributed by atoms with Gasteiger partial charge >= 0.3 is 0 Å². The molecule has 0 aliphatic carbocycles. The monoisotopic (exact) mass is 290 g/mol. The van der Waals surface area contributed by atoms with Gasteiger partial charge in [0.05, 0.1) is 12.1 Å². The van der Waals surface area contributed by atoms with Crippen molar-refractivity contribution in [3.63, 3.8) is 0 Å². The summed E-state index contributed by atoms with van der Waals surface area (Å²) in [5, 5.41) is 5.50.